The minimum atomic E-state index is -4.19. The minimum Gasteiger partial charge on any atom is -0.341 e. The monoisotopic (exact) mass is 338 g/mol. The molecule has 2 aliphatic rings. The van der Waals surface area contributed by atoms with E-state index >= 15 is 0 Å². The van der Waals surface area contributed by atoms with Gasteiger partial charge in [0.05, 0.1) is 12.5 Å². The third-order valence-corrected chi connectivity index (χ3v) is 6.06. The van der Waals surface area contributed by atoms with E-state index in [1.165, 1.54) is 4.90 Å². The number of thioether (sulfide) groups is 1. The zero-order valence-corrected chi connectivity index (χ0v) is 14.1. The second-order valence-corrected chi connectivity index (χ2v) is 7.48. The van der Waals surface area contributed by atoms with Gasteiger partial charge in [0, 0.05) is 24.4 Å². The Hall–Kier alpha value is -0.430. The van der Waals surface area contributed by atoms with Gasteiger partial charge in [0.1, 0.15) is 0 Å². The first kappa shape index (κ1) is 17.9. The molecular weight excluding hydrogens is 313 g/mol. The number of carbonyl (C=O) groups excluding carboxylic acids is 1. The lowest BCUT2D eigenvalue weighted by atomic mass is 9.97. The van der Waals surface area contributed by atoms with Crippen molar-refractivity contribution in [1.82, 2.24) is 9.80 Å². The van der Waals surface area contributed by atoms with E-state index in [0.29, 0.717) is 24.3 Å². The van der Waals surface area contributed by atoms with Crippen molar-refractivity contribution >= 4 is 17.7 Å². The molecule has 0 aromatic rings. The second kappa shape index (κ2) is 7.43. The zero-order valence-electron chi connectivity index (χ0n) is 13.2. The summed E-state index contributed by atoms with van der Waals surface area (Å²) in [5.41, 5.74) is 0. The molecule has 1 aliphatic heterocycles. The molecule has 0 unspecified atom stereocenters. The van der Waals surface area contributed by atoms with E-state index in [-0.39, 0.29) is 25.4 Å². The van der Waals surface area contributed by atoms with Crippen LogP contribution < -0.4 is 0 Å². The lowest BCUT2D eigenvalue weighted by Gasteiger charge is -2.36. The van der Waals surface area contributed by atoms with Crippen molar-refractivity contribution in [2.24, 2.45) is 5.92 Å². The quantitative estimate of drug-likeness (QED) is 0.787. The van der Waals surface area contributed by atoms with Gasteiger partial charge in [-0.05, 0) is 39.0 Å². The summed E-state index contributed by atoms with van der Waals surface area (Å²) >= 11 is 1.82. The average molecular weight is 338 g/mol. The number of nitrogens with zero attached hydrogens (tertiary/aromatic N) is 2. The first-order valence-corrected chi connectivity index (χ1v) is 9.19. The fourth-order valence-electron chi connectivity index (χ4n) is 3.59. The smallest absolute Gasteiger partial charge is 0.341 e. The Morgan fingerprint density at radius 3 is 2.64 bits per heavy atom. The Bertz CT molecular complexity index is 391. The van der Waals surface area contributed by atoms with Crippen LogP contribution in [0.1, 0.15) is 32.1 Å². The molecule has 1 heterocycles. The van der Waals surface area contributed by atoms with E-state index in [4.69, 9.17) is 0 Å². The third-order valence-electron chi connectivity index (χ3n) is 4.91. The summed E-state index contributed by atoms with van der Waals surface area (Å²) in [4.78, 5) is 15.8. The van der Waals surface area contributed by atoms with Gasteiger partial charge >= 0.3 is 6.18 Å². The molecule has 1 amide bonds. The highest BCUT2D eigenvalue weighted by molar-refractivity contribution is 7.99. The third kappa shape index (κ3) is 4.31. The first-order chi connectivity index (χ1) is 10.3. The van der Waals surface area contributed by atoms with E-state index < -0.39 is 12.1 Å². The Kier molecular flexibility index (Phi) is 6.05. The highest BCUT2D eigenvalue weighted by Gasteiger charge is 2.43. The van der Waals surface area contributed by atoms with Crippen molar-refractivity contribution in [2.45, 2.75) is 49.6 Å². The van der Waals surface area contributed by atoms with E-state index in [1.807, 2.05) is 23.7 Å². The molecule has 0 aromatic carbocycles. The van der Waals surface area contributed by atoms with Crippen LogP contribution in [0.15, 0.2) is 0 Å². The second-order valence-electron chi connectivity index (χ2n) is 6.41. The number of likely N-dealkylation sites (tertiary alicyclic amines) is 1. The lowest BCUT2D eigenvalue weighted by Crippen LogP contribution is -2.49. The molecule has 7 heteroatoms. The zero-order chi connectivity index (χ0) is 16.3. The van der Waals surface area contributed by atoms with Gasteiger partial charge in [-0.2, -0.15) is 24.9 Å². The summed E-state index contributed by atoms with van der Waals surface area (Å²) < 4.78 is 38.5. The van der Waals surface area contributed by atoms with Crippen LogP contribution in [0.2, 0.25) is 0 Å². The van der Waals surface area contributed by atoms with Crippen molar-refractivity contribution in [3.63, 3.8) is 0 Å². The van der Waals surface area contributed by atoms with Crippen molar-refractivity contribution in [3.05, 3.63) is 0 Å². The fourth-order valence-corrected chi connectivity index (χ4v) is 4.65. The molecule has 0 spiro atoms. The van der Waals surface area contributed by atoms with Crippen LogP contribution >= 0.6 is 11.8 Å². The number of piperidine rings is 1. The van der Waals surface area contributed by atoms with E-state index in [2.05, 4.69) is 6.26 Å². The van der Waals surface area contributed by atoms with E-state index in [9.17, 15) is 18.0 Å². The van der Waals surface area contributed by atoms with Gasteiger partial charge in [-0.1, -0.05) is 6.42 Å². The van der Waals surface area contributed by atoms with Crippen molar-refractivity contribution in [1.29, 1.82) is 0 Å². The molecule has 22 heavy (non-hydrogen) atoms. The maximum absolute atomic E-state index is 12.8. The SMILES string of the molecule is CS[C@@H]1CCC[C@H]1N(C)CC(=O)N1CCC[C@H](C(F)(F)F)C1. The van der Waals surface area contributed by atoms with Gasteiger partial charge in [-0.25, -0.2) is 0 Å². The molecule has 0 bridgehead atoms. The van der Waals surface area contributed by atoms with Crippen LogP contribution in [0.4, 0.5) is 13.2 Å². The predicted molar refractivity (Wildman–Crippen MR) is 82.9 cm³/mol. The summed E-state index contributed by atoms with van der Waals surface area (Å²) in [6, 6.07) is 0.363. The van der Waals surface area contributed by atoms with Crippen LogP contribution in [0.5, 0.6) is 0 Å². The summed E-state index contributed by atoms with van der Waals surface area (Å²) in [7, 11) is 1.92. The highest BCUT2D eigenvalue weighted by atomic mass is 32.2. The van der Waals surface area contributed by atoms with E-state index in [0.717, 1.165) is 19.3 Å². The molecule has 1 saturated carbocycles. The Balaban J connectivity index is 1.88. The Morgan fingerprint density at radius 2 is 2.00 bits per heavy atom. The number of likely N-dealkylation sites (N-methyl/N-ethyl adjacent to an activating group) is 1. The number of rotatable bonds is 4. The fraction of sp³-hybridized carbons (Fsp3) is 0.933. The molecule has 0 radical (unpaired) electrons. The van der Waals surface area contributed by atoms with Gasteiger partial charge in [-0.3, -0.25) is 9.69 Å². The average Bonchev–Trinajstić information content (AvgIpc) is 2.95. The summed E-state index contributed by atoms with van der Waals surface area (Å²) in [6.45, 7) is 0.509. The topological polar surface area (TPSA) is 23.6 Å². The maximum Gasteiger partial charge on any atom is 0.393 e. The van der Waals surface area contributed by atoms with Crippen molar-refractivity contribution in [2.75, 3.05) is 32.9 Å². The van der Waals surface area contributed by atoms with Gasteiger partial charge in [0.25, 0.3) is 0 Å². The number of carbonyl (C=O) groups is 1. The van der Waals surface area contributed by atoms with Crippen molar-refractivity contribution < 1.29 is 18.0 Å². The first-order valence-electron chi connectivity index (χ1n) is 7.90. The molecule has 2 rings (SSSR count). The number of amides is 1. The summed E-state index contributed by atoms with van der Waals surface area (Å²) in [6.07, 6.45) is 1.85. The van der Waals surface area contributed by atoms with Gasteiger partial charge in [0.15, 0.2) is 0 Å². The number of alkyl halides is 3. The molecule has 3 atom stereocenters. The van der Waals surface area contributed by atoms with Crippen LogP contribution in [0.25, 0.3) is 0 Å². The minimum absolute atomic E-state index is 0.139. The van der Waals surface area contributed by atoms with Crippen LogP contribution in [-0.4, -0.2) is 66.1 Å². The Morgan fingerprint density at radius 1 is 1.27 bits per heavy atom. The molecule has 0 N–H and O–H groups in total. The molecule has 0 aromatic heterocycles. The van der Waals surface area contributed by atoms with E-state index in [1.54, 1.807) is 0 Å². The summed E-state index contributed by atoms with van der Waals surface area (Å²) in [5.74, 6) is -1.52. The maximum atomic E-state index is 12.8. The van der Waals surface area contributed by atoms with Crippen LogP contribution in [0, 0.1) is 5.92 Å². The molecule has 3 nitrogen and oxygen atoms in total. The molecule has 1 aliphatic carbocycles. The molecular formula is C15H25F3N2OS. The van der Waals surface area contributed by atoms with Crippen LogP contribution in [-0.2, 0) is 4.79 Å². The van der Waals surface area contributed by atoms with Gasteiger partial charge in [0.2, 0.25) is 5.91 Å². The molecule has 1 saturated heterocycles. The number of halogens is 3. The largest absolute Gasteiger partial charge is 0.393 e. The lowest BCUT2D eigenvalue weighted by molar-refractivity contribution is -0.188. The number of hydrogen-bond donors (Lipinski definition) is 0. The van der Waals surface area contributed by atoms with Gasteiger partial charge in [-0.15, -0.1) is 0 Å². The molecule has 128 valence electrons. The normalized spacial score (nSPS) is 30.1. The number of hydrogen-bond acceptors (Lipinski definition) is 3. The van der Waals surface area contributed by atoms with Gasteiger partial charge < -0.3 is 4.90 Å². The van der Waals surface area contributed by atoms with Crippen LogP contribution in [0.3, 0.4) is 0 Å². The van der Waals surface area contributed by atoms with Crippen molar-refractivity contribution in [3.8, 4) is 0 Å². The Labute approximate surface area is 134 Å². The predicted octanol–water partition coefficient (Wildman–Crippen LogP) is 3.00. The molecule has 2 fully saturated rings. The summed E-state index contributed by atoms with van der Waals surface area (Å²) in [5, 5.41) is 0.530. The highest BCUT2D eigenvalue weighted by Crippen LogP contribution is 2.34. The standard InChI is InChI=1S/C15H25F3N2OS/c1-19(12-6-3-7-13(12)22-2)10-14(21)20-8-4-5-11(9-20)15(16,17)18/h11-13H,3-10H2,1-2H3/t11-,12+,13+/m0/s1.